The van der Waals surface area contributed by atoms with Gasteiger partial charge in [0, 0.05) is 6.20 Å². The molecule has 0 radical (unpaired) electrons. The largest absolute Gasteiger partial charge is 0.467 e. The number of aromatic nitrogens is 2. The molecular formula is C13H14BrN3O2. The standard InChI is InChI=1S/C13H14BrN3O2/c1-19-12(18)13(15,10-5-3-2-4-6-10)9-17-8-11(14)7-16-17/h2-8H,9,15H2,1H3. The molecule has 0 aliphatic rings. The average Bonchev–Trinajstić information content (AvgIpc) is 2.83. The van der Waals surface area contributed by atoms with Gasteiger partial charge in [0.25, 0.3) is 0 Å². The Hall–Kier alpha value is -1.66. The first-order valence-corrected chi connectivity index (χ1v) is 6.46. The number of methoxy groups -OCH3 is 1. The number of rotatable bonds is 4. The van der Waals surface area contributed by atoms with Gasteiger partial charge in [0.05, 0.1) is 24.3 Å². The van der Waals surface area contributed by atoms with E-state index >= 15 is 0 Å². The smallest absolute Gasteiger partial charge is 0.332 e. The van der Waals surface area contributed by atoms with Gasteiger partial charge in [0.2, 0.25) is 0 Å². The summed E-state index contributed by atoms with van der Waals surface area (Å²) in [5.41, 5.74) is 5.69. The van der Waals surface area contributed by atoms with Crippen molar-refractivity contribution in [1.82, 2.24) is 9.78 Å². The molecule has 0 bridgehead atoms. The first-order valence-electron chi connectivity index (χ1n) is 5.67. The molecule has 0 saturated heterocycles. The maximum Gasteiger partial charge on any atom is 0.332 e. The molecule has 0 saturated carbocycles. The van der Waals surface area contributed by atoms with Gasteiger partial charge in [-0.05, 0) is 21.5 Å². The molecule has 2 rings (SSSR count). The van der Waals surface area contributed by atoms with Gasteiger partial charge < -0.3 is 10.5 Å². The number of hydrogen-bond donors (Lipinski definition) is 1. The zero-order valence-corrected chi connectivity index (χ0v) is 12.0. The van der Waals surface area contributed by atoms with Gasteiger partial charge in [-0.3, -0.25) is 4.68 Å². The molecule has 2 N–H and O–H groups in total. The Balaban J connectivity index is 2.38. The van der Waals surface area contributed by atoms with Crippen LogP contribution in [0.15, 0.2) is 47.2 Å². The Morgan fingerprint density at radius 3 is 2.68 bits per heavy atom. The summed E-state index contributed by atoms with van der Waals surface area (Å²) in [6, 6.07) is 9.13. The second kappa shape index (κ2) is 5.54. The Morgan fingerprint density at radius 2 is 2.16 bits per heavy atom. The summed E-state index contributed by atoms with van der Waals surface area (Å²) in [5, 5.41) is 4.12. The molecular weight excluding hydrogens is 310 g/mol. The SMILES string of the molecule is COC(=O)C(N)(Cn1cc(Br)cn1)c1ccccc1. The molecule has 100 valence electrons. The summed E-state index contributed by atoms with van der Waals surface area (Å²) < 4.78 is 7.26. The second-order valence-corrected chi connectivity index (χ2v) is 5.10. The van der Waals surface area contributed by atoms with Crippen LogP contribution >= 0.6 is 15.9 Å². The first-order chi connectivity index (χ1) is 9.06. The van der Waals surface area contributed by atoms with Crippen molar-refractivity contribution in [3.8, 4) is 0 Å². The third-order valence-electron chi connectivity index (χ3n) is 2.85. The van der Waals surface area contributed by atoms with Crippen LogP contribution in [0.1, 0.15) is 5.56 Å². The monoisotopic (exact) mass is 323 g/mol. The number of benzene rings is 1. The Morgan fingerprint density at radius 1 is 1.47 bits per heavy atom. The van der Waals surface area contributed by atoms with Crippen molar-refractivity contribution in [2.24, 2.45) is 5.73 Å². The zero-order chi connectivity index (χ0) is 13.9. The van der Waals surface area contributed by atoms with E-state index in [2.05, 4.69) is 21.0 Å². The molecule has 0 spiro atoms. The second-order valence-electron chi connectivity index (χ2n) is 4.19. The number of esters is 1. The highest BCUT2D eigenvalue weighted by molar-refractivity contribution is 9.10. The predicted octanol–water partition coefficient (Wildman–Crippen LogP) is 1.67. The van der Waals surface area contributed by atoms with Crippen molar-refractivity contribution in [2.75, 3.05) is 7.11 Å². The van der Waals surface area contributed by atoms with E-state index in [-0.39, 0.29) is 6.54 Å². The highest BCUT2D eigenvalue weighted by Crippen LogP contribution is 2.22. The Labute approximate surface area is 119 Å². The summed E-state index contributed by atoms with van der Waals surface area (Å²) in [5.74, 6) is -0.495. The minimum absolute atomic E-state index is 0.204. The summed E-state index contributed by atoms with van der Waals surface area (Å²) in [7, 11) is 1.33. The van der Waals surface area contributed by atoms with Gasteiger partial charge >= 0.3 is 5.97 Å². The third-order valence-corrected chi connectivity index (χ3v) is 3.26. The lowest BCUT2D eigenvalue weighted by molar-refractivity contribution is -0.148. The molecule has 19 heavy (non-hydrogen) atoms. The van der Waals surface area contributed by atoms with E-state index in [0.29, 0.717) is 5.56 Å². The normalized spacial score (nSPS) is 13.8. The van der Waals surface area contributed by atoms with Crippen molar-refractivity contribution in [1.29, 1.82) is 0 Å². The van der Waals surface area contributed by atoms with Crippen LogP contribution in [0.25, 0.3) is 0 Å². The number of carbonyl (C=O) groups is 1. The van der Waals surface area contributed by atoms with Gasteiger partial charge in [-0.25, -0.2) is 4.79 Å². The zero-order valence-electron chi connectivity index (χ0n) is 10.4. The number of ether oxygens (including phenoxy) is 1. The Bertz CT molecular complexity index is 570. The summed E-state index contributed by atoms with van der Waals surface area (Å²) in [6.45, 7) is 0.204. The fraction of sp³-hybridized carbons (Fsp3) is 0.231. The van der Waals surface area contributed by atoms with Gasteiger partial charge in [0.15, 0.2) is 5.54 Å². The maximum atomic E-state index is 12.0. The number of hydrogen-bond acceptors (Lipinski definition) is 4. The fourth-order valence-corrected chi connectivity index (χ4v) is 2.20. The van der Waals surface area contributed by atoms with Gasteiger partial charge in [-0.15, -0.1) is 0 Å². The van der Waals surface area contributed by atoms with Crippen LogP contribution < -0.4 is 5.73 Å². The minimum atomic E-state index is -1.26. The molecule has 1 aromatic heterocycles. The summed E-state index contributed by atoms with van der Waals surface area (Å²) >= 11 is 3.31. The maximum absolute atomic E-state index is 12.0. The van der Waals surface area contributed by atoms with Crippen LogP contribution in [0.5, 0.6) is 0 Å². The van der Waals surface area contributed by atoms with Gasteiger partial charge in [-0.2, -0.15) is 5.10 Å². The van der Waals surface area contributed by atoms with Crippen molar-refractivity contribution in [2.45, 2.75) is 12.1 Å². The quantitative estimate of drug-likeness (QED) is 0.869. The van der Waals surface area contributed by atoms with Crippen molar-refractivity contribution in [3.63, 3.8) is 0 Å². The summed E-state index contributed by atoms with van der Waals surface area (Å²) in [4.78, 5) is 12.0. The highest BCUT2D eigenvalue weighted by Gasteiger charge is 2.38. The van der Waals surface area contributed by atoms with Crippen LogP contribution in [0.4, 0.5) is 0 Å². The van der Waals surface area contributed by atoms with E-state index in [9.17, 15) is 4.79 Å². The topological polar surface area (TPSA) is 70.1 Å². The van der Waals surface area contributed by atoms with E-state index < -0.39 is 11.5 Å². The van der Waals surface area contributed by atoms with Crippen LogP contribution in [0, 0.1) is 0 Å². The summed E-state index contributed by atoms with van der Waals surface area (Å²) in [6.07, 6.45) is 3.40. The van der Waals surface area contributed by atoms with Crippen LogP contribution in [0.2, 0.25) is 0 Å². The van der Waals surface area contributed by atoms with Crippen LogP contribution in [0.3, 0.4) is 0 Å². The molecule has 1 atom stereocenters. The number of nitrogens with two attached hydrogens (primary N) is 1. The number of halogens is 1. The molecule has 6 heteroatoms. The minimum Gasteiger partial charge on any atom is -0.467 e. The molecule has 1 heterocycles. The van der Waals surface area contributed by atoms with Crippen LogP contribution in [-0.4, -0.2) is 22.9 Å². The van der Waals surface area contributed by atoms with E-state index in [0.717, 1.165) is 4.47 Å². The molecule has 5 nitrogen and oxygen atoms in total. The number of carbonyl (C=O) groups excluding carboxylic acids is 1. The van der Waals surface area contributed by atoms with Crippen LogP contribution in [-0.2, 0) is 21.6 Å². The van der Waals surface area contributed by atoms with E-state index in [4.69, 9.17) is 10.5 Å². The lowest BCUT2D eigenvalue weighted by atomic mass is 9.91. The van der Waals surface area contributed by atoms with Crippen molar-refractivity contribution < 1.29 is 9.53 Å². The lowest BCUT2D eigenvalue weighted by Crippen LogP contribution is -2.49. The van der Waals surface area contributed by atoms with Gasteiger partial charge in [-0.1, -0.05) is 30.3 Å². The van der Waals surface area contributed by atoms with Crippen molar-refractivity contribution >= 4 is 21.9 Å². The first kappa shape index (κ1) is 13.8. The predicted molar refractivity (Wildman–Crippen MR) is 74.3 cm³/mol. The molecule has 2 aromatic rings. The molecule has 1 unspecified atom stereocenters. The third kappa shape index (κ3) is 2.85. The Kier molecular flexibility index (Phi) is 4.01. The molecule has 0 aliphatic carbocycles. The van der Waals surface area contributed by atoms with E-state index in [1.54, 1.807) is 29.2 Å². The van der Waals surface area contributed by atoms with E-state index in [1.165, 1.54) is 7.11 Å². The fourth-order valence-electron chi connectivity index (χ4n) is 1.87. The van der Waals surface area contributed by atoms with E-state index in [1.807, 2.05) is 18.2 Å². The lowest BCUT2D eigenvalue weighted by Gasteiger charge is -2.26. The average molecular weight is 324 g/mol. The molecule has 0 fully saturated rings. The molecule has 0 amide bonds. The molecule has 1 aromatic carbocycles. The number of nitrogens with zero attached hydrogens (tertiary/aromatic N) is 2. The molecule has 0 aliphatic heterocycles. The van der Waals surface area contributed by atoms with Crippen molar-refractivity contribution in [3.05, 3.63) is 52.8 Å². The highest BCUT2D eigenvalue weighted by atomic mass is 79.9. The van der Waals surface area contributed by atoms with Gasteiger partial charge in [0.1, 0.15) is 0 Å².